The summed E-state index contributed by atoms with van der Waals surface area (Å²) in [6.45, 7) is 1.66. The Hall–Kier alpha value is -2.28. The number of carboxylic acid groups (broad SMARTS) is 1. The Morgan fingerprint density at radius 3 is 2.10 bits per heavy atom. The molecular weight excluding hydrogens is 294 g/mol. The summed E-state index contributed by atoms with van der Waals surface area (Å²) in [5.74, 6) is 0.607. The third-order valence-corrected chi connectivity index (χ3v) is 4.08. The zero-order valence-electron chi connectivity index (χ0n) is 12.1. The molecule has 0 spiro atoms. The molecular formula is C14H15NO5S. The molecule has 0 aliphatic rings. The maximum Gasteiger partial charge on any atom is 0.347 e. The van der Waals surface area contributed by atoms with Crippen LogP contribution in [0.5, 0.6) is 17.2 Å². The van der Waals surface area contributed by atoms with Gasteiger partial charge in [0.1, 0.15) is 27.1 Å². The van der Waals surface area contributed by atoms with E-state index in [0.717, 1.165) is 11.3 Å². The number of carbonyl (C=O) groups is 1. The molecule has 6 nitrogen and oxygen atoms in total. The first-order chi connectivity index (χ1) is 10.0. The molecule has 0 aliphatic carbocycles. The lowest BCUT2D eigenvalue weighted by molar-refractivity contribution is 0.0701. The fourth-order valence-electron chi connectivity index (χ4n) is 1.92. The van der Waals surface area contributed by atoms with Crippen LogP contribution in [0.15, 0.2) is 12.1 Å². The van der Waals surface area contributed by atoms with Crippen molar-refractivity contribution in [3.63, 3.8) is 0 Å². The minimum atomic E-state index is -0.998. The van der Waals surface area contributed by atoms with Gasteiger partial charge in [-0.15, -0.1) is 11.3 Å². The highest BCUT2D eigenvalue weighted by molar-refractivity contribution is 7.17. The van der Waals surface area contributed by atoms with E-state index in [1.807, 2.05) is 0 Å². The Labute approximate surface area is 125 Å². The summed E-state index contributed by atoms with van der Waals surface area (Å²) in [5, 5.41) is 9.68. The smallest absolute Gasteiger partial charge is 0.347 e. The summed E-state index contributed by atoms with van der Waals surface area (Å²) in [6, 6.07) is 3.41. The Bertz CT molecular complexity index is 655. The van der Waals surface area contributed by atoms with E-state index in [1.165, 1.54) is 14.2 Å². The van der Waals surface area contributed by atoms with Crippen molar-refractivity contribution in [2.45, 2.75) is 6.92 Å². The predicted molar refractivity (Wildman–Crippen MR) is 78.9 cm³/mol. The fourth-order valence-corrected chi connectivity index (χ4v) is 2.88. The molecule has 7 heteroatoms. The summed E-state index contributed by atoms with van der Waals surface area (Å²) in [7, 11) is 4.59. The molecule has 1 N–H and O–H groups in total. The van der Waals surface area contributed by atoms with Crippen LogP contribution >= 0.6 is 11.3 Å². The van der Waals surface area contributed by atoms with Crippen LogP contribution in [0.3, 0.4) is 0 Å². The van der Waals surface area contributed by atoms with Gasteiger partial charge in [0.15, 0.2) is 0 Å². The molecule has 2 rings (SSSR count). The number of rotatable bonds is 5. The topological polar surface area (TPSA) is 77.9 Å². The van der Waals surface area contributed by atoms with Crippen LogP contribution in [0.4, 0.5) is 0 Å². The standard InChI is InChI=1S/C14H15NO5S/c1-7-12(14(16)17)21-13(15-7)11-9(19-3)5-8(18-2)6-10(11)20-4/h5-6H,1-4H3,(H,16,17). The zero-order chi connectivity index (χ0) is 15.6. The van der Waals surface area contributed by atoms with Crippen molar-refractivity contribution in [3.8, 4) is 27.8 Å². The molecule has 2 aromatic rings. The molecule has 0 saturated carbocycles. The molecule has 0 atom stereocenters. The highest BCUT2D eigenvalue weighted by atomic mass is 32.1. The minimum absolute atomic E-state index is 0.199. The number of hydrogen-bond donors (Lipinski definition) is 1. The first kappa shape index (κ1) is 15.1. The molecule has 0 fully saturated rings. The van der Waals surface area contributed by atoms with E-state index in [2.05, 4.69) is 4.98 Å². The number of aromatic nitrogens is 1. The van der Waals surface area contributed by atoms with Gasteiger partial charge < -0.3 is 19.3 Å². The van der Waals surface area contributed by atoms with Crippen LogP contribution in [0, 0.1) is 6.92 Å². The summed E-state index contributed by atoms with van der Waals surface area (Å²) in [5.41, 5.74) is 1.07. The molecule has 0 saturated heterocycles. The number of thiazole rings is 1. The number of nitrogens with zero attached hydrogens (tertiary/aromatic N) is 1. The van der Waals surface area contributed by atoms with Crippen LogP contribution in [0.2, 0.25) is 0 Å². The summed E-state index contributed by atoms with van der Waals surface area (Å²) < 4.78 is 15.9. The van der Waals surface area contributed by atoms with E-state index in [9.17, 15) is 4.79 Å². The molecule has 0 amide bonds. The number of ether oxygens (including phenoxy) is 3. The van der Waals surface area contributed by atoms with Crippen LogP contribution in [-0.2, 0) is 0 Å². The van der Waals surface area contributed by atoms with Crippen LogP contribution in [-0.4, -0.2) is 37.4 Å². The van der Waals surface area contributed by atoms with Crippen molar-refractivity contribution in [2.24, 2.45) is 0 Å². The van der Waals surface area contributed by atoms with Crippen molar-refractivity contribution in [1.82, 2.24) is 4.98 Å². The minimum Gasteiger partial charge on any atom is -0.496 e. The molecule has 21 heavy (non-hydrogen) atoms. The predicted octanol–water partition coefficient (Wildman–Crippen LogP) is 2.84. The molecule has 112 valence electrons. The van der Waals surface area contributed by atoms with Crippen molar-refractivity contribution >= 4 is 17.3 Å². The van der Waals surface area contributed by atoms with E-state index >= 15 is 0 Å². The maximum atomic E-state index is 11.2. The molecule has 1 aromatic carbocycles. The molecule has 0 bridgehead atoms. The molecule has 0 radical (unpaired) electrons. The molecule has 1 heterocycles. The fraction of sp³-hybridized carbons (Fsp3) is 0.286. The lowest BCUT2D eigenvalue weighted by atomic mass is 10.1. The highest BCUT2D eigenvalue weighted by Gasteiger charge is 2.22. The number of carboxylic acids is 1. The van der Waals surface area contributed by atoms with E-state index in [1.54, 1.807) is 26.2 Å². The Morgan fingerprint density at radius 1 is 1.14 bits per heavy atom. The van der Waals surface area contributed by atoms with Crippen molar-refractivity contribution in [3.05, 3.63) is 22.7 Å². The number of aromatic carboxylic acids is 1. The monoisotopic (exact) mass is 309 g/mol. The average molecular weight is 309 g/mol. The zero-order valence-corrected chi connectivity index (χ0v) is 12.9. The number of hydrogen-bond acceptors (Lipinski definition) is 6. The van der Waals surface area contributed by atoms with E-state index in [4.69, 9.17) is 19.3 Å². The van der Waals surface area contributed by atoms with Crippen molar-refractivity contribution in [2.75, 3.05) is 21.3 Å². The van der Waals surface area contributed by atoms with Crippen LogP contribution in [0.1, 0.15) is 15.4 Å². The highest BCUT2D eigenvalue weighted by Crippen LogP contribution is 2.43. The van der Waals surface area contributed by atoms with Gasteiger partial charge in [-0.25, -0.2) is 9.78 Å². The number of benzene rings is 1. The van der Waals surface area contributed by atoms with Crippen molar-refractivity contribution in [1.29, 1.82) is 0 Å². The lowest BCUT2D eigenvalue weighted by Gasteiger charge is -2.13. The lowest BCUT2D eigenvalue weighted by Crippen LogP contribution is -1.95. The number of methoxy groups -OCH3 is 3. The molecule has 0 aliphatic heterocycles. The Kier molecular flexibility index (Phi) is 4.32. The SMILES string of the molecule is COc1cc(OC)c(-c2nc(C)c(C(=O)O)s2)c(OC)c1. The van der Waals surface area contributed by atoms with Gasteiger partial charge in [0.2, 0.25) is 0 Å². The summed E-state index contributed by atoms with van der Waals surface area (Å²) in [4.78, 5) is 15.7. The van der Waals surface area contributed by atoms with E-state index in [0.29, 0.717) is 33.5 Å². The summed E-state index contributed by atoms with van der Waals surface area (Å²) in [6.07, 6.45) is 0. The van der Waals surface area contributed by atoms with Gasteiger partial charge in [-0.1, -0.05) is 0 Å². The van der Waals surface area contributed by atoms with E-state index < -0.39 is 5.97 Å². The first-order valence-electron chi connectivity index (χ1n) is 6.03. The number of aryl methyl sites for hydroxylation is 1. The second-order valence-electron chi connectivity index (χ2n) is 4.15. The second kappa shape index (κ2) is 6.01. The third-order valence-electron chi connectivity index (χ3n) is 2.92. The normalized spacial score (nSPS) is 10.3. The third kappa shape index (κ3) is 2.78. The first-order valence-corrected chi connectivity index (χ1v) is 6.84. The Morgan fingerprint density at radius 2 is 1.71 bits per heavy atom. The van der Waals surface area contributed by atoms with Gasteiger partial charge in [-0.3, -0.25) is 0 Å². The van der Waals surface area contributed by atoms with Gasteiger partial charge in [-0.2, -0.15) is 0 Å². The Balaban J connectivity index is 2.67. The summed E-state index contributed by atoms with van der Waals surface area (Å²) >= 11 is 1.08. The molecule has 1 aromatic heterocycles. The largest absolute Gasteiger partial charge is 0.496 e. The second-order valence-corrected chi connectivity index (χ2v) is 5.14. The van der Waals surface area contributed by atoms with Gasteiger partial charge in [0.25, 0.3) is 0 Å². The quantitative estimate of drug-likeness (QED) is 0.915. The van der Waals surface area contributed by atoms with Gasteiger partial charge >= 0.3 is 5.97 Å². The van der Waals surface area contributed by atoms with Crippen LogP contribution < -0.4 is 14.2 Å². The van der Waals surface area contributed by atoms with Gasteiger partial charge in [0.05, 0.1) is 32.6 Å². The van der Waals surface area contributed by atoms with Crippen molar-refractivity contribution < 1.29 is 24.1 Å². The van der Waals surface area contributed by atoms with Crippen LogP contribution in [0.25, 0.3) is 10.6 Å². The maximum absolute atomic E-state index is 11.2. The average Bonchev–Trinajstić information content (AvgIpc) is 2.87. The molecule has 0 unspecified atom stereocenters. The van der Waals surface area contributed by atoms with Gasteiger partial charge in [0, 0.05) is 12.1 Å². The van der Waals surface area contributed by atoms with Gasteiger partial charge in [-0.05, 0) is 6.92 Å². The van der Waals surface area contributed by atoms with E-state index in [-0.39, 0.29) is 4.88 Å².